The van der Waals surface area contributed by atoms with E-state index in [0.717, 1.165) is 24.3 Å². The number of nitrogens with zero attached hydrogens (tertiary/aromatic N) is 2. The van der Waals surface area contributed by atoms with Gasteiger partial charge in [0, 0.05) is 24.3 Å². The maximum atomic E-state index is 13.5. The van der Waals surface area contributed by atoms with E-state index < -0.39 is 17.7 Å². The quantitative estimate of drug-likeness (QED) is 0.195. The van der Waals surface area contributed by atoms with Gasteiger partial charge in [-0.3, -0.25) is 14.5 Å². The fraction of sp³-hybridized carbons (Fsp3) is 0.312. The number of hydrogen-bond donors (Lipinski definition) is 2. The van der Waals surface area contributed by atoms with E-state index in [1.165, 1.54) is 11.0 Å². The summed E-state index contributed by atoms with van der Waals surface area (Å²) in [4.78, 5) is 30.5. The fourth-order valence-electron chi connectivity index (χ4n) is 4.83. The third-order valence-corrected chi connectivity index (χ3v) is 6.86. The Kier molecular flexibility index (Phi) is 8.29. The number of carbonyl (C=O) groups is 2. The Bertz CT molecular complexity index is 1390. The average molecular weight is 529 g/mol. The molecule has 1 heterocycles. The number of aliphatic hydroxyl groups is 1. The third-order valence-electron chi connectivity index (χ3n) is 6.86. The number of Topliss-reactive ketones (excluding diaryl/α,β-unsaturated/α-hetero) is 1. The summed E-state index contributed by atoms with van der Waals surface area (Å²) in [6.45, 7) is 12.2. The van der Waals surface area contributed by atoms with E-state index in [4.69, 9.17) is 4.74 Å². The molecule has 3 aromatic rings. The number of aryl methyl sites for hydroxylation is 1. The summed E-state index contributed by atoms with van der Waals surface area (Å²) in [5, 5.41) is 22.2. The van der Waals surface area contributed by atoms with Crippen LogP contribution in [-0.2, 0) is 9.59 Å². The number of phenolic OH excluding ortho intramolecular Hbond substituents is 1. The molecule has 0 spiro atoms. The van der Waals surface area contributed by atoms with E-state index in [-0.39, 0.29) is 22.8 Å². The monoisotopic (exact) mass is 528 g/mol. The van der Waals surface area contributed by atoms with E-state index in [2.05, 4.69) is 18.7 Å². The Labute approximate surface area is 230 Å². The molecule has 0 aliphatic carbocycles. The summed E-state index contributed by atoms with van der Waals surface area (Å²) >= 11 is 0. The molecule has 1 saturated heterocycles. The molecule has 0 saturated carbocycles. The lowest BCUT2D eigenvalue weighted by Crippen LogP contribution is -2.29. The van der Waals surface area contributed by atoms with Crippen molar-refractivity contribution >= 4 is 28.8 Å². The Morgan fingerprint density at radius 3 is 2.33 bits per heavy atom. The normalized spacial score (nSPS) is 16.7. The predicted molar refractivity (Wildman–Crippen MR) is 154 cm³/mol. The van der Waals surface area contributed by atoms with Crippen molar-refractivity contribution in [3.05, 3.63) is 89.0 Å². The Hall–Kier alpha value is -4.26. The highest BCUT2D eigenvalue weighted by molar-refractivity contribution is 6.52. The largest absolute Gasteiger partial charge is 0.507 e. The molecule has 3 aromatic carbocycles. The van der Waals surface area contributed by atoms with Crippen molar-refractivity contribution < 1.29 is 24.5 Å². The molecule has 1 unspecified atom stereocenters. The number of ketones is 1. The van der Waals surface area contributed by atoms with Gasteiger partial charge in [-0.05, 0) is 74.2 Å². The maximum Gasteiger partial charge on any atom is 0.300 e. The molecule has 0 bridgehead atoms. The van der Waals surface area contributed by atoms with E-state index in [9.17, 15) is 19.8 Å². The number of phenols is 1. The highest BCUT2D eigenvalue weighted by atomic mass is 16.5. The molecule has 2 N–H and O–H groups in total. The number of anilines is 2. The van der Waals surface area contributed by atoms with Crippen molar-refractivity contribution in [1.29, 1.82) is 0 Å². The zero-order valence-electron chi connectivity index (χ0n) is 23.1. The first-order valence-corrected chi connectivity index (χ1v) is 13.3. The molecular weight excluding hydrogens is 492 g/mol. The molecule has 1 atom stereocenters. The minimum absolute atomic E-state index is 0.0440. The molecule has 7 heteroatoms. The zero-order valence-corrected chi connectivity index (χ0v) is 23.1. The first-order chi connectivity index (χ1) is 18.7. The lowest BCUT2D eigenvalue weighted by Gasteiger charge is -2.27. The summed E-state index contributed by atoms with van der Waals surface area (Å²) in [5.74, 6) is -1.19. The minimum atomic E-state index is -0.941. The van der Waals surface area contributed by atoms with Crippen molar-refractivity contribution in [3.63, 3.8) is 0 Å². The molecule has 0 radical (unpaired) electrons. The van der Waals surface area contributed by atoms with Gasteiger partial charge in [0.2, 0.25) is 0 Å². The lowest BCUT2D eigenvalue weighted by atomic mass is 9.94. The van der Waals surface area contributed by atoms with Gasteiger partial charge in [0.1, 0.15) is 17.3 Å². The highest BCUT2D eigenvalue weighted by Gasteiger charge is 2.47. The molecule has 39 heavy (non-hydrogen) atoms. The summed E-state index contributed by atoms with van der Waals surface area (Å²) < 4.78 is 5.82. The van der Waals surface area contributed by atoms with Crippen LogP contribution in [0, 0.1) is 12.8 Å². The van der Waals surface area contributed by atoms with Gasteiger partial charge in [0.05, 0.1) is 23.9 Å². The molecule has 204 valence electrons. The maximum absolute atomic E-state index is 13.5. The third kappa shape index (κ3) is 5.62. The molecule has 1 amide bonds. The van der Waals surface area contributed by atoms with Crippen LogP contribution in [0.4, 0.5) is 11.4 Å². The molecule has 1 aliphatic rings. The highest BCUT2D eigenvalue weighted by Crippen LogP contribution is 2.45. The van der Waals surface area contributed by atoms with Crippen LogP contribution in [-0.4, -0.2) is 41.6 Å². The fourth-order valence-corrected chi connectivity index (χ4v) is 4.83. The van der Waals surface area contributed by atoms with E-state index in [1.54, 1.807) is 36.4 Å². The summed E-state index contributed by atoms with van der Waals surface area (Å²) in [6.07, 6.45) is 0. The molecule has 1 aliphatic heterocycles. The topological polar surface area (TPSA) is 90.3 Å². The van der Waals surface area contributed by atoms with Crippen molar-refractivity contribution in [2.24, 2.45) is 5.92 Å². The predicted octanol–water partition coefficient (Wildman–Crippen LogP) is 6.21. The van der Waals surface area contributed by atoms with Gasteiger partial charge in [-0.15, -0.1) is 0 Å². The Morgan fingerprint density at radius 2 is 1.69 bits per heavy atom. The smallest absolute Gasteiger partial charge is 0.300 e. The van der Waals surface area contributed by atoms with Crippen LogP contribution in [0.5, 0.6) is 11.5 Å². The summed E-state index contributed by atoms with van der Waals surface area (Å²) in [6, 6.07) is 18.4. The minimum Gasteiger partial charge on any atom is -0.507 e. The van der Waals surface area contributed by atoms with Gasteiger partial charge in [0.25, 0.3) is 11.7 Å². The van der Waals surface area contributed by atoms with Gasteiger partial charge in [0.15, 0.2) is 0 Å². The second kappa shape index (κ2) is 11.6. The molecular formula is C32H36N2O5. The molecule has 7 nitrogen and oxygen atoms in total. The van der Waals surface area contributed by atoms with Crippen LogP contribution in [0.1, 0.15) is 50.4 Å². The first-order valence-electron chi connectivity index (χ1n) is 13.3. The number of aromatic hydroxyl groups is 1. The van der Waals surface area contributed by atoms with Crippen LogP contribution in [0.25, 0.3) is 5.76 Å². The van der Waals surface area contributed by atoms with Gasteiger partial charge in [-0.25, -0.2) is 0 Å². The second-order valence-corrected chi connectivity index (χ2v) is 10.2. The zero-order chi connectivity index (χ0) is 28.3. The number of aliphatic hydroxyl groups excluding tert-OH is 1. The number of benzene rings is 3. The summed E-state index contributed by atoms with van der Waals surface area (Å²) in [7, 11) is 0. The van der Waals surface area contributed by atoms with Crippen LogP contribution >= 0.6 is 0 Å². The molecule has 1 fully saturated rings. The first kappa shape index (κ1) is 27.8. The van der Waals surface area contributed by atoms with Crippen molar-refractivity contribution in [1.82, 2.24) is 0 Å². The van der Waals surface area contributed by atoms with Crippen molar-refractivity contribution in [2.75, 3.05) is 29.5 Å². The number of rotatable bonds is 9. The number of carbonyl (C=O) groups excluding carboxylic acids is 2. The van der Waals surface area contributed by atoms with E-state index >= 15 is 0 Å². The van der Waals surface area contributed by atoms with Crippen LogP contribution in [0.15, 0.2) is 72.3 Å². The number of hydrogen-bond acceptors (Lipinski definition) is 6. The van der Waals surface area contributed by atoms with Gasteiger partial charge in [-0.2, -0.15) is 0 Å². The van der Waals surface area contributed by atoms with Gasteiger partial charge in [-0.1, -0.05) is 44.2 Å². The van der Waals surface area contributed by atoms with Crippen LogP contribution in [0.3, 0.4) is 0 Å². The van der Waals surface area contributed by atoms with Gasteiger partial charge >= 0.3 is 0 Å². The van der Waals surface area contributed by atoms with Gasteiger partial charge < -0.3 is 19.8 Å². The molecule has 0 aromatic heterocycles. The van der Waals surface area contributed by atoms with E-state index in [1.807, 2.05) is 45.0 Å². The van der Waals surface area contributed by atoms with E-state index in [0.29, 0.717) is 29.4 Å². The molecule has 4 rings (SSSR count). The van der Waals surface area contributed by atoms with Crippen LogP contribution in [0.2, 0.25) is 0 Å². The average Bonchev–Trinajstić information content (AvgIpc) is 3.19. The summed E-state index contributed by atoms with van der Waals surface area (Å²) in [5.41, 5.74) is 3.00. The van der Waals surface area contributed by atoms with Crippen LogP contribution < -0.4 is 14.5 Å². The lowest BCUT2D eigenvalue weighted by molar-refractivity contribution is -0.132. The SMILES string of the molecule is CCN(CC)c1ccc(C2/C(=C(\O)c3cccc(OCC(C)C)c3)C(=O)C(=O)N2c2cc(C)ccc2O)cc1. The standard InChI is InChI=1S/C32H36N2O5/c1-6-33(7-2)24-14-12-22(13-15-24)29-28(30(36)23-9-8-10-25(18-23)39-19-20(3)4)31(37)32(38)34(29)26-17-21(5)11-16-27(26)35/h8-18,20,29,35-36H,6-7,19H2,1-5H3/b30-28+. The van der Waals surface area contributed by atoms with Crippen molar-refractivity contribution in [3.8, 4) is 11.5 Å². The number of ether oxygens (including phenoxy) is 1. The number of amides is 1. The second-order valence-electron chi connectivity index (χ2n) is 10.2. The Balaban J connectivity index is 1.88. The Morgan fingerprint density at radius 1 is 1.00 bits per heavy atom. The van der Waals surface area contributed by atoms with Crippen molar-refractivity contribution in [2.45, 2.75) is 40.7 Å².